The lowest BCUT2D eigenvalue weighted by molar-refractivity contribution is -0.146. The van der Waals surface area contributed by atoms with Crippen LogP contribution in [0.1, 0.15) is 39.0 Å². The van der Waals surface area contributed by atoms with Crippen molar-refractivity contribution in [2.75, 3.05) is 13.7 Å². The second kappa shape index (κ2) is 9.15. The van der Waals surface area contributed by atoms with E-state index in [0.717, 1.165) is 25.7 Å². The molecular weight excluding hydrogens is 210 g/mol. The predicted octanol–water partition coefficient (Wildman–Crippen LogP) is 0.607. The monoisotopic (exact) mass is 231 g/mol. The molecule has 0 fully saturated rings. The van der Waals surface area contributed by atoms with Crippen LogP contribution in [-0.4, -0.2) is 36.7 Å². The molecule has 1 unspecified atom stereocenters. The Morgan fingerprint density at radius 3 is 2.50 bits per heavy atom. The molecule has 94 valence electrons. The minimum absolute atomic E-state index is 0.222. The Kier molecular flexibility index (Phi) is 8.52. The molecule has 0 aromatic carbocycles. The maximum atomic E-state index is 11.4. The molecule has 0 aromatic rings. The number of aliphatic hydroxyl groups is 1. The number of amides is 1. The average molecular weight is 231 g/mol. The summed E-state index contributed by atoms with van der Waals surface area (Å²) < 4.78 is 4.43. The van der Waals surface area contributed by atoms with Gasteiger partial charge in [-0.2, -0.15) is 0 Å². The molecule has 0 aliphatic rings. The minimum Gasteiger partial charge on any atom is -0.467 e. The van der Waals surface area contributed by atoms with Gasteiger partial charge in [-0.3, -0.25) is 4.79 Å². The first-order valence-corrected chi connectivity index (χ1v) is 5.63. The van der Waals surface area contributed by atoms with Crippen molar-refractivity contribution < 1.29 is 19.4 Å². The maximum Gasteiger partial charge on any atom is 0.330 e. The largest absolute Gasteiger partial charge is 0.467 e. The fourth-order valence-corrected chi connectivity index (χ4v) is 1.30. The van der Waals surface area contributed by atoms with Crippen LogP contribution in [0.5, 0.6) is 0 Å². The van der Waals surface area contributed by atoms with Gasteiger partial charge in [0.1, 0.15) is 0 Å². The minimum atomic E-state index is -0.941. The summed E-state index contributed by atoms with van der Waals surface area (Å²) >= 11 is 0. The van der Waals surface area contributed by atoms with Gasteiger partial charge in [0.15, 0.2) is 6.04 Å². The molecule has 0 aliphatic carbocycles. The smallest absolute Gasteiger partial charge is 0.330 e. The highest BCUT2D eigenvalue weighted by molar-refractivity contribution is 5.84. The fraction of sp³-hybridized carbons (Fsp3) is 0.818. The lowest BCUT2D eigenvalue weighted by Crippen LogP contribution is -2.43. The van der Waals surface area contributed by atoms with Crippen molar-refractivity contribution in [3.8, 4) is 0 Å². The number of unbranched alkanes of at least 4 members (excludes halogenated alkanes) is 3. The summed E-state index contributed by atoms with van der Waals surface area (Å²) in [6, 6.07) is -0.941. The zero-order valence-electron chi connectivity index (χ0n) is 9.99. The van der Waals surface area contributed by atoms with Crippen molar-refractivity contribution in [1.29, 1.82) is 0 Å². The molecule has 0 saturated carbocycles. The second-order valence-corrected chi connectivity index (χ2v) is 3.64. The molecule has 1 atom stereocenters. The Labute approximate surface area is 96.2 Å². The van der Waals surface area contributed by atoms with Crippen LogP contribution in [0.25, 0.3) is 0 Å². The van der Waals surface area contributed by atoms with Crippen LogP contribution in [0.2, 0.25) is 0 Å². The van der Waals surface area contributed by atoms with Gasteiger partial charge < -0.3 is 15.2 Å². The molecule has 0 aliphatic heterocycles. The quantitative estimate of drug-likeness (QED) is 0.474. The number of esters is 1. The molecule has 0 heterocycles. The first kappa shape index (κ1) is 14.9. The van der Waals surface area contributed by atoms with Crippen LogP contribution >= 0.6 is 0 Å². The Hall–Kier alpha value is -1.10. The van der Waals surface area contributed by atoms with Gasteiger partial charge in [-0.05, 0) is 6.42 Å². The van der Waals surface area contributed by atoms with Crippen molar-refractivity contribution in [3.63, 3.8) is 0 Å². The first-order valence-electron chi connectivity index (χ1n) is 5.63. The van der Waals surface area contributed by atoms with Crippen molar-refractivity contribution in [2.24, 2.45) is 0 Å². The highest BCUT2D eigenvalue weighted by atomic mass is 16.5. The average Bonchev–Trinajstić information content (AvgIpc) is 2.30. The summed E-state index contributed by atoms with van der Waals surface area (Å²) in [6.07, 6.45) is 4.41. The lowest BCUT2D eigenvalue weighted by Gasteiger charge is -2.13. The van der Waals surface area contributed by atoms with E-state index in [9.17, 15) is 9.59 Å². The normalized spacial score (nSPS) is 11.9. The number of carbonyl (C=O) groups is 2. The SMILES string of the molecule is CCCCCCC(=O)NC(CO)C(=O)OC. The van der Waals surface area contributed by atoms with Gasteiger partial charge in [0.2, 0.25) is 5.91 Å². The molecule has 1 amide bonds. The molecule has 0 saturated heterocycles. The van der Waals surface area contributed by atoms with Gasteiger partial charge in [-0.1, -0.05) is 26.2 Å². The van der Waals surface area contributed by atoms with Crippen LogP contribution in [-0.2, 0) is 14.3 Å². The van der Waals surface area contributed by atoms with Gasteiger partial charge in [0.05, 0.1) is 13.7 Å². The van der Waals surface area contributed by atoms with Gasteiger partial charge >= 0.3 is 5.97 Å². The van der Waals surface area contributed by atoms with E-state index >= 15 is 0 Å². The highest BCUT2D eigenvalue weighted by Gasteiger charge is 2.19. The van der Waals surface area contributed by atoms with Gasteiger partial charge in [0, 0.05) is 6.42 Å². The topological polar surface area (TPSA) is 75.6 Å². The van der Waals surface area contributed by atoms with Crippen LogP contribution in [0.4, 0.5) is 0 Å². The Bertz CT molecular complexity index is 218. The van der Waals surface area contributed by atoms with E-state index < -0.39 is 18.6 Å². The van der Waals surface area contributed by atoms with Crippen molar-refractivity contribution in [1.82, 2.24) is 5.32 Å². The third-order valence-electron chi connectivity index (χ3n) is 2.26. The molecule has 2 N–H and O–H groups in total. The van der Waals surface area contributed by atoms with E-state index in [1.165, 1.54) is 7.11 Å². The van der Waals surface area contributed by atoms with E-state index in [2.05, 4.69) is 17.0 Å². The van der Waals surface area contributed by atoms with Gasteiger partial charge in [-0.15, -0.1) is 0 Å². The van der Waals surface area contributed by atoms with E-state index in [4.69, 9.17) is 5.11 Å². The van der Waals surface area contributed by atoms with E-state index in [-0.39, 0.29) is 5.91 Å². The number of ether oxygens (including phenoxy) is 1. The number of methoxy groups -OCH3 is 1. The summed E-state index contributed by atoms with van der Waals surface area (Å²) in [7, 11) is 1.22. The molecule has 0 rings (SSSR count). The maximum absolute atomic E-state index is 11.4. The molecule has 5 heteroatoms. The van der Waals surface area contributed by atoms with E-state index in [0.29, 0.717) is 6.42 Å². The summed E-state index contributed by atoms with van der Waals surface area (Å²) in [6.45, 7) is 1.66. The highest BCUT2D eigenvalue weighted by Crippen LogP contribution is 2.02. The molecule has 0 aromatic heterocycles. The van der Waals surface area contributed by atoms with Crippen LogP contribution in [0.15, 0.2) is 0 Å². The van der Waals surface area contributed by atoms with E-state index in [1.54, 1.807) is 0 Å². The molecule has 0 radical (unpaired) electrons. The summed E-state index contributed by atoms with van der Waals surface area (Å²) in [5.74, 6) is -0.843. The molecule has 16 heavy (non-hydrogen) atoms. The molecule has 0 bridgehead atoms. The number of rotatable bonds is 8. The number of aliphatic hydroxyl groups excluding tert-OH is 1. The standard InChI is InChI=1S/C11H21NO4/c1-3-4-5-6-7-10(14)12-9(8-13)11(15)16-2/h9,13H,3-8H2,1-2H3,(H,12,14). The summed E-state index contributed by atoms with van der Waals surface area (Å²) in [4.78, 5) is 22.4. The summed E-state index contributed by atoms with van der Waals surface area (Å²) in [5.41, 5.74) is 0. The zero-order chi connectivity index (χ0) is 12.4. The summed E-state index contributed by atoms with van der Waals surface area (Å²) in [5, 5.41) is 11.3. The Balaban J connectivity index is 3.79. The van der Waals surface area contributed by atoms with E-state index in [1.807, 2.05) is 0 Å². The molecule has 5 nitrogen and oxygen atoms in total. The van der Waals surface area contributed by atoms with Crippen molar-refractivity contribution >= 4 is 11.9 Å². The second-order valence-electron chi connectivity index (χ2n) is 3.64. The third kappa shape index (κ3) is 6.40. The Morgan fingerprint density at radius 1 is 1.31 bits per heavy atom. The van der Waals surface area contributed by atoms with Crippen molar-refractivity contribution in [3.05, 3.63) is 0 Å². The fourth-order valence-electron chi connectivity index (χ4n) is 1.30. The molecular formula is C11H21NO4. The van der Waals surface area contributed by atoms with Gasteiger partial charge in [-0.25, -0.2) is 4.79 Å². The predicted molar refractivity (Wildman–Crippen MR) is 59.8 cm³/mol. The lowest BCUT2D eigenvalue weighted by atomic mass is 10.1. The zero-order valence-corrected chi connectivity index (χ0v) is 9.99. The Morgan fingerprint density at radius 2 is 2.00 bits per heavy atom. The van der Waals surface area contributed by atoms with Gasteiger partial charge in [0.25, 0.3) is 0 Å². The number of hydrogen-bond donors (Lipinski definition) is 2. The van der Waals surface area contributed by atoms with Crippen LogP contribution in [0.3, 0.4) is 0 Å². The first-order chi connectivity index (χ1) is 7.65. The number of carbonyl (C=O) groups excluding carboxylic acids is 2. The van der Waals surface area contributed by atoms with Crippen molar-refractivity contribution in [2.45, 2.75) is 45.1 Å². The van der Waals surface area contributed by atoms with Crippen LogP contribution < -0.4 is 5.32 Å². The third-order valence-corrected chi connectivity index (χ3v) is 2.26. The number of nitrogens with one attached hydrogen (secondary N) is 1. The molecule has 0 spiro atoms. The number of hydrogen-bond acceptors (Lipinski definition) is 4. The van der Waals surface area contributed by atoms with Crippen LogP contribution in [0, 0.1) is 0 Å².